The average molecular weight is 356 g/mol. The highest BCUT2D eigenvalue weighted by atomic mass is 16.2. The van der Waals surface area contributed by atoms with Gasteiger partial charge in [-0.15, -0.1) is 0 Å². The van der Waals surface area contributed by atoms with Crippen molar-refractivity contribution >= 4 is 11.6 Å². The van der Waals surface area contributed by atoms with Gasteiger partial charge in [0.25, 0.3) is 5.56 Å². The fraction of sp³-hybridized carbons (Fsp3) is 0.421. The molecule has 0 saturated carbocycles. The maximum absolute atomic E-state index is 12.1. The molecule has 1 saturated heterocycles. The minimum Gasteiger partial charge on any atom is -0.372 e. The van der Waals surface area contributed by atoms with E-state index in [4.69, 9.17) is 0 Å². The lowest BCUT2D eigenvalue weighted by atomic mass is 10.1. The van der Waals surface area contributed by atoms with Gasteiger partial charge in [-0.05, 0) is 43.9 Å². The normalized spacial score (nSPS) is 13.8. The van der Waals surface area contributed by atoms with Gasteiger partial charge in [-0.25, -0.2) is 4.79 Å². The van der Waals surface area contributed by atoms with E-state index in [1.807, 2.05) is 12.1 Å². The molecule has 0 bridgehead atoms. The van der Waals surface area contributed by atoms with Crippen LogP contribution in [0.25, 0.3) is 0 Å². The third-order valence-electron chi connectivity index (χ3n) is 4.75. The number of nitrogens with one attached hydrogen (secondary N) is 3. The van der Waals surface area contributed by atoms with Gasteiger partial charge in [0.1, 0.15) is 0 Å². The van der Waals surface area contributed by atoms with Crippen LogP contribution in [0, 0.1) is 6.92 Å². The lowest BCUT2D eigenvalue weighted by molar-refractivity contribution is -0.121. The van der Waals surface area contributed by atoms with E-state index in [0.29, 0.717) is 17.8 Å². The molecule has 1 aromatic carbocycles. The van der Waals surface area contributed by atoms with Crippen LogP contribution in [-0.2, 0) is 17.8 Å². The standard InChI is InChI=1S/C19H24N4O3/c1-13-16(18(25)22-19(26)21-13)8-9-17(24)20-12-14-4-6-15(7-5-14)23-10-2-3-11-23/h4-7H,2-3,8-12H2,1H3,(H,20,24)(H2,21,22,25,26). The molecule has 2 aromatic rings. The van der Waals surface area contributed by atoms with E-state index < -0.39 is 11.2 Å². The molecule has 1 aliphatic heterocycles. The number of rotatable bonds is 6. The number of nitrogens with zero attached hydrogens (tertiary/aromatic N) is 1. The van der Waals surface area contributed by atoms with E-state index in [2.05, 4.69) is 32.3 Å². The Morgan fingerprint density at radius 1 is 1.12 bits per heavy atom. The number of aromatic nitrogens is 2. The first-order chi connectivity index (χ1) is 12.5. The molecule has 0 aliphatic carbocycles. The average Bonchev–Trinajstić information content (AvgIpc) is 3.14. The third kappa shape index (κ3) is 4.41. The zero-order valence-corrected chi connectivity index (χ0v) is 14.9. The third-order valence-corrected chi connectivity index (χ3v) is 4.75. The summed E-state index contributed by atoms with van der Waals surface area (Å²) in [6.45, 7) is 4.34. The molecule has 26 heavy (non-hydrogen) atoms. The summed E-state index contributed by atoms with van der Waals surface area (Å²) in [5, 5.41) is 2.87. The topological polar surface area (TPSA) is 98.1 Å². The van der Waals surface area contributed by atoms with Gasteiger partial charge in [0.05, 0.1) is 0 Å². The molecule has 1 fully saturated rings. The first-order valence-corrected chi connectivity index (χ1v) is 8.95. The minimum absolute atomic E-state index is 0.126. The van der Waals surface area contributed by atoms with Gasteiger partial charge < -0.3 is 15.2 Å². The number of anilines is 1. The lowest BCUT2D eigenvalue weighted by Gasteiger charge is -2.17. The summed E-state index contributed by atoms with van der Waals surface area (Å²) in [5.41, 5.74) is 2.25. The number of aryl methyl sites for hydroxylation is 1. The second-order valence-corrected chi connectivity index (χ2v) is 6.65. The van der Waals surface area contributed by atoms with E-state index >= 15 is 0 Å². The number of benzene rings is 1. The van der Waals surface area contributed by atoms with E-state index in [1.165, 1.54) is 18.5 Å². The van der Waals surface area contributed by atoms with Crippen LogP contribution in [0.15, 0.2) is 33.9 Å². The zero-order valence-electron chi connectivity index (χ0n) is 14.9. The van der Waals surface area contributed by atoms with Crippen LogP contribution >= 0.6 is 0 Å². The van der Waals surface area contributed by atoms with Gasteiger partial charge in [0.2, 0.25) is 5.91 Å². The molecule has 7 nitrogen and oxygen atoms in total. The van der Waals surface area contributed by atoms with Crippen molar-refractivity contribution in [1.82, 2.24) is 15.3 Å². The number of amides is 1. The van der Waals surface area contributed by atoms with Gasteiger partial charge in [-0.2, -0.15) is 0 Å². The Hall–Kier alpha value is -2.83. The maximum Gasteiger partial charge on any atom is 0.325 e. The highest BCUT2D eigenvalue weighted by Crippen LogP contribution is 2.20. The van der Waals surface area contributed by atoms with Crippen LogP contribution in [0.2, 0.25) is 0 Å². The van der Waals surface area contributed by atoms with Crippen LogP contribution in [0.3, 0.4) is 0 Å². The van der Waals surface area contributed by atoms with Gasteiger partial charge in [0.15, 0.2) is 0 Å². The van der Waals surface area contributed by atoms with Gasteiger partial charge in [-0.3, -0.25) is 14.6 Å². The summed E-state index contributed by atoms with van der Waals surface area (Å²) in [6.07, 6.45) is 2.98. The number of hydrogen-bond acceptors (Lipinski definition) is 4. The molecule has 2 heterocycles. The van der Waals surface area contributed by atoms with Gasteiger partial charge in [0, 0.05) is 43.0 Å². The van der Waals surface area contributed by atoms with Crippen molar-refractivity contribution in [3.05, 3.63) is 61.9 Å². The van der Waals surface area contributed by atoms with E-state index in [0.717, 1.165) is 18.7 Å². The highest BCUT2D eigenvalue weighted by Gasteiger charge is 2.12. The Labute approximate surface area is 151 Å². The summed E-state index contributed by atoms with van der Waals surface area (Å²) >= 11 is 0. The van der Waals surface area contributed by atoms with Gasteiger partial charge in [-0.1, -0.05) is 12.1 Å². The van der Waals surface area contributed by atoms with Crippen molar-refractivity contribution in [2.75, 3.05) is 18.0 Å². The van der Waals surface area contributed by atoms with Gasteiger partial charge >= 0.3 is 5.69 Å². The summed E-state index contributed by atoms with van der Waals surface area (Å²) in [4.78, 5) is 42.1. The smallest absolute Gasteiger partial charge is 0.325 e. The fourth-order valence-electron chi connectivity index (χ4n) is 3.25. The predicted octanol–water partition coefficient (Wildman–Crippen LogP) is 1.22. The molecule has 7 heteroatoms. The zero-order chi connectivity index (χ0) is 18.5. The first-order valence-electron chi connectivity index (χ1n) is 8.95. The number of aromatic amines is 2. The summed E-state index contributed by atoms with van der Waals surface area (Å²) in [6, 6.07) is 8.25. The van der Waals surface area contributed by atoms with E-state index in [9.17, 15) is 14.4 Å². The fourth-order valence-corrected chi connectivity index (χ4v) is 3.25. The lowest BCUT2D eigenvalue weighted by Crippen LogP contribution is -2.29. The Kier molecular flexibility index (Phi) is 5.55. The minimum atomic E-state index is -0.530. The Morgan fingerprint density at radius 3 is 2.46 bits per heavy atom. The van der Waals surface area contributed by atoms with Crippen molar-refractivity contribution in [2.45, 2.75) is 39.2 Å². The molecule has 138 valence electrons. The molecular formula is C19H24N4O3. The Morgan fingerprint density at radius 2 is 1.81 bits per heavy atom. The molecular weight excluding hydrogens is 332 g/mol. The number of hydrogen-bond donors (Lipinski definition) is 3. The molecule has 1 amide bonds. The summed E-state index contributed by atoms with van der Waals surface area (Å²) in [5.74, 6) is -0.126. The molecule has 0 atom stereocenters. The van der Waals surface area contributed by atoms with Crippen LogP contribution in [0.5, 0.6) is 0 Å². The SMILES string of the molecule is Cc1[nH]c(=O)[nH]c(=O)c1CCC(=O)NCc1ccc(N2CCCC2)cc1. The second-order valence-electron chi connectivity index (χ2n) is 6.65. The second kappa shape index (κ2) is 8.03. The molecule has 3 N–H and O–H groups in total. The van der Waals surface area contributed by atoms with Crippen molar-refractivity contribution in [2.24, 2.45) is 0 Å². The maximum atomic E-state index is 12.1. The van der Waals surface area contributed by atoms with Crippen LogP contribution in [0.4, 0.5) is 5.69 Å². The Balaban J connectivity index is 1.50. The molecule has 0 radical (unpaired) electrons. The van der Waals surface area contributed by atoms with Crippen molar-refractivity contribution < 1.29 is 4.79 Å². The first kappa shape index (κ1) is 18.0. The predicted molar refractivity (Wildman–Crippen MR) is 100 cm³/mol. The Bertz CT molecular complexity index is 877. The molecule has 0 unspecified atom stereocenters. The molecule has 3 rings (SSSR count). The molecule has 0 spiro atoms. The van der Waals surface area contributed by atoms with E-state index in [-0.39, 0.29) is 18.7 Å². The van der Waals surface area contributed by atoms with Crippen molar-refractivity contribution in [3.63, 3.8) is 0 Å². The monoisotopic (exact) mass is 356 g/mol. The van der Waals surface area contributed by atoms with E-state index in [1.54, 1.807) is 6.92 Å². The molecule has 1 aliphatic rings. The van der Waals surface area contributed by atoms with Crippen molar-refractivity contribution in [3.8, 4) is 0 Å². The van der Waals surface area contributed by atoms with Crippen LogP contribution in [-0.4, -0.2) is 29.0 Å². The quantitative estimate of drug-likeness (QED) is 0.725. The molecule has 1 aromatic heterocycles. The number of H-pyrrole nitrogens is 2. The van der Waals surface area contributed by atoms with Crippen LogP contribution < -0.4 is 21.5 Å². The number of carbonyl (C=O) groups is 1. The summed E-state index contributed by atoms with van der Waals surface area (Å²) < 4.78 is 0. The highest BCUT2D eigenvalue weighted by molar-refractivity contribution is 5.76. The largest absolute Gasteiger partial charge is 0.372 e. The summed E-state index contributed by atoms with van der Waals surface area (Å²) in [7, 11) is 0. The van der Waals surface area contributed by atoms with Crippen molar-refractivity contribution in [1.29, 1.82) is 0 Å². The van der Waals surface area contributed by atoms with Crippen LogP contribution in [0.1, 0.15) is 36.1 Å². The number of carbonyl (C=O) groups excluding carboxylic acids is 1.